The largest absolute Gasteiger partial charge is 0.345 e. The van der Waals surface area contributed by atoms with E-state index in [2.05, 4.69) is 22.7 Å². The van der Waals surface area contributed by atoms with E-state index in [0.717, 1.165) is 19.3 Å². The average molecular weight is 219 g/mol. The third-order valence-electron chi connectivity index (χ3n) is 2.73. The van der Waals surface area contributed by atoms with Gasteiger partial charge in [-0.15, -0.1) is 17.8 Å². The maximum Gasteiger partial charge on any atom is 0.228 e. The highest BCUT2D eigenvalue weighted by atomic mass is 32.1. The first-order chi connectivity index (χ1) is 7.33. The van der Waals surface area contributed by atoms with Crippen LogP contribution < -0.4 is 5.32 Å². The van der Waals surface area contributed by atoms with Crippen LogP contribution in [0.3, 0.4) is 0 Å². The summed E-state index contributed by atoms with van der Waals surface area (Å²) in [5.41, 5.74) is 1.21. The highest BCUT2D eigenvalue weighted by molar-refractivity contribution is 7.10. The fourth-order valence-corrected chi connectivity index (χ4v) is 3.01. The molecule has 3 heteroatoms. The van der Waals surface area contributed by atoms with E-state index in [1.807, 2.05) is 0 Å². The molecule has 1 aliphatic rings. The first kappa shape index (κ1) is 10.3. The van der Waals surface area contributed by atoms with Gasteiger partial charge in [0.2, 0.25) is 5.91 Å². The molecule has 0 fully saturated rings. The lowest BCUT2D eigenvalue weighted by molar-refractivity contribution is -0.122. The van der Waals surface area contributed by atoms with E-state index in [1.54, 1.807) is 11.3 Å². The van der Waals surface area contributed by atoms with E-state index >= 15 is 0 Å². The van der Waals surface area contributed by atoms with Gasteiger partial charge in [0, 0.05) is 4.88 Å². The second-order valence-corrected chi connectivity index (χ2v) is 4.67. The van der Waals surface area contributed by atoms with Crippen LogP contribution in [-0.2, 0) is 11.2 Å². The molecule has 0 saturated carbocycles. The molecule has 1 aromatic heterocycles. The standard InChI is InChI=1S/C12H13NOS/c1-2-7-13-12(14)10-4-3-5-11-9(10)6-8-15-11/h1,6,8,10H,3-5,7H2,(H,13,14). The Morgan fingerprint density at radius 2 is 2.60 bits per heavy atom. The number of hydrogen-bond acceptors (Lipinski definition) is 2. The Labute approximate surface area is 93.7 Å². The molecule has 1 aliphatic carbocycles. The summed E-state index contributed by atoms with van der Waals surface area (Å²) < 4.78 is 0. The summed E-state index contributed by atoms with van der Waals surface area (Å²) in [6.45, 7) is 0.328. The molecule has 0 radical (unpaired) electrons. The zero-order valence-electron chi connectivity index (χ0n) is 8.45. The number of terminal acetylenes is 1. The molecule has 1 heterocycles. The van der Waals surface area contributed by atoms with Crippen LogP contribution >= 0.6 is 11.3 Å². The predicted octanol–water partition coefficient (Wildman–Crippen LogP) is 1.92. The summed E-state index contributed by atoms with van der Waals surface area (Å²) in [5.74, 6) is 2.52. The monoisotopic (exact) mass is 219 g/mol. The van der Waals surface area contributed by atoms with Gasteiger partial charge in [-0.1, -0.05) is 5.92 Å². The topological polar surface area (TPSA) is 29.1 Å². The number of carbonyl (C=O) groups is 1. The van der Waals surface area contributed by atoms with Crippen molar-refractivity contribution >= 4 is 17.2 Å². The van der Waals surface area contributed by atoms with Crippen molar-refractivity contribution in [2.75, 3.05) is 6.54 Å². The molecule has 1 N–H and O–H groups in total. The Bertz CT molecular complexity index is 402. The van der Waals surface area contributed by atoms with Crippen molar-refractivity contribution in [3.63, 3.8) is 0 Å². The maximum absolute atomic E-state index is 11.8. The molecule has 2 rings (SSSR count). The summed E-state index contributed by atoms with van der Waals surface area (Å²) >= 11 is 1.75. The van der Waals surface area contributed by atoms with Crippen LogP contribution in [0, 0.1) is 12.3 Å². The number of carbonyl (C=O) groups excluding carboxylic acids is 1. The van der Waals surface area contributed by atoms with E-state index in [1.165, 1.54) is 10.4 Å². The summed E-state index contributed by atoms with van der Waals surface area (Å²) in [6.07, 6.45) is 8.28. The number of amides is 1. The van der Waals surface area contributed by atoms with Gasteiger partial charge in [-0.25, -0.2) is 0 Å². The number of aryl methyl sites for hydroxylation is 1. The van der Waals surface area contributed by atoms with Crippen LogP contribution in [0.5, 0.6) is 0 Å². The van der Waals surface area contributed by atoms with E-state index in [9.17, 15) is 4.79 Å². The SMILES string of the molecule is C#CCNC(=O)C1CCCc2sccc21. The molecule has 1 unspecified atom stereocenters. The van der Waals surface area contributed by atoms with Gasteiger partial charge in [0.05, 0.1) is 12.5 Å². The van der Waals surface area contributed by atoms with Crippen LogP contribution in [0.2, 0.25) is 0 Å². The first-order valence-electron chi connectivity index (χ1n) is 5.10. The molecule has 1 aromatic rings. The minimum Gasteiger partial charge on any atom is -0.345 e. The molecule has 1 atom stereocenters. The molecule has 1 amide bonds. The van der Waals surface area contributed by atoms with Gasteiger partial charge in [0.15, 0.2) is 0 Å². The second kappa shape index (κ2) is 4.50. The molecule has 0 aromatic carbocycles. The molecule has 0 spiro atoms. The quantitative estimate of drug-likeness (QED) is 0.756. The van der Waals surface area contributed by atoms with Crippen molar-refractivity contribution in [1.82, 2.24) is 5.32 Å². The Hall–Kier alpha value is -1.27. The van der Waals surface area contributed by atoms with E-state index in [0.29, 0.717) is 6.54 Å². The van der Waals surface area contributed by atoms with Gasteiger partial charge < -0.3 is 5.32 Å². The Morgan fingerprint density at radius 1 is 1.73 bits per heavy atom. The summed E-state index contributed by atoms with van der Waals surface area (Å²) in [5, 5.41) is 4.83. The van der Waals surface area contributed by atoms with Crippen molar-refractivity contribution < 1.29 is 4.79 Å². The minimum absolute atomic E-state index is 0.0216. The average Bonchev–Trinajstić information content (AvgIpc) is 2.73. The maximum atomic E-state index is 11.8. The Kier molecular flexibility index (Phi) is 3.08. The van der Waals surface area contributed by atoms with Gasteiger partial charge >= 0.3 is 0 Å². The van der Waals surface area contributed by atoms with Gasteiger partial charge in [-0.2, -0.15) is 0 Å². The molecule has 0 bridgehead atoms. The third-order valence-corrected chi connectivity index (χ3v) is 3.73. The molecule has 0 aliphatic heterocycles. The fraction of sp³-hybridized carbons (Fsp3) is 0.417. The third kappa shape index (κ3) is 2.05. The smallest absolute Gasteiger partial charge is 0.228 e. The Morgan fingerprint density at radius 3 is 3.40 bits per heavy atom. The normalized spacial score (nSPS) is 19.0. The highest BCUT2D eigenvalue weighted by Gasteiger charge is 2.26. The predicted molar refractivity (Wildman–Crippen MR) is 61.8 cm³/mol. The van der Waals surface area contributed by atoms with Gasteiger partial charge in [-0.3, -0.25) is 4.79 Å². The number of thiophene rings is 1. The molecular weight excluding hydrogens is 206 g/mol. The molecule has 15 heavy (non-hydrogen) atoms. The fourth-order valence-electron chi connectivity index (χ4n) is 2.02. The number of rotatable bonds is 2. The summed E-state index contributed by atoms with van der Waals surface area (Å²) in [7, 11) is 0. The molecule has 2 nitrogen and oxygen atoms in total. The molecule has 0 saturated heterocycles. The van der Waals surface area contributed by atoms with Crippen LogP contribution in [0.15, 0.2) is 11.4 Å². The van der Waals surface area contributed by atoms with Crippen molar-refractivity contribution in [2.45, 2.75) is 25.2 Å². The minimum atomic E-state index is 0.0216. The number of nitrogens with one attached hydrogen (secondary N) is 1. The highest BCUT2D eigenvalue weighted by Crippen LogP contribution is 2.34. The van der Waals surface area contributed by atoms with Crippen molar-refractivity contribution in [3.05, 3.63) is 21.9 Å². The zero-order chi connectivity index (χ0) is 10.7. The van der Waals surface area contributed by atoms with Crippen LogP contribution in [0.25, 0.3) is 0 Å². The lowest BCUT2D eigenvalue weighted by Gasteiger charge is -2.21. The lowest BCUT2D eigenvalue weighted by atomic mass is 9.87. The second-order valence-electron chi connectivity index (χ2n) is 3.67. The van der Waals surface area contributed by atoms with Crippen molar-refractivity contribution in [2.24, 2.45) is 0 Å². The first-order valence-corrected chi connectivity index (χ1v) is 5.98. The number of hydrogen-bond donors (Lipinski definition) is 1. The van der Waals surface area contributed by atoms with Crippen LogP contribution in [0.4, 0.5) is 0 Å². The van der Waals surface area contributed by atoms with E-state index < -0.39 is 0 Å². The van der Waals surface area contributed by atoms with Crippen LogP contribution in [0.1, 0.15) is 29.2 Å². The summed E-state index contributed by atoms with van der Waals surface area (Å²) in [6, 6.07) is 2.07. The Balaban J connectivity index is 2.12. The summed E-state index contributed by atoms with van der Waals surface area (Å²) in [4.78, 5) is 13.2. The van der Waals surface area contributed by atoms with E-state index in [4.69, 9.17) is 6.42 Å². The van der Waals surface area contributed by atoms with Crippen molar-refractivity contribution in [1.29, 1.82) is 0 Å². The van der Waals surface area contributed by atoms with Gasteiger partial charge in [0.1, 0.15) is 0 Å². The lowest BCUT2D eigenvalue weighted by Crippen LogP contribution is -2.31. The van der Waals surface area contributed by atoms with Crippen molar-refractivity contribution in [3.8, 4) is 12.3 Å². The number of fused-ring (bicyclic) bond motifs is 1. The molecule has 78 valence electrons. The van der Waals surface area contributed by atoms with Crippen LogP contribution in [-0.4, -0.2) is 12.5 Å². The van der Waals surface area contributed by atoms with E-state index in [-0.39, 0.29) is 11.8 Å². The molecular formula is C12H13NOS. The van der Waals surface area contributed by atoms with Gasteiger partial charge in [0.25, 0.3) is 0 Å². The zero-order valence-corrected chi connectivity index (χ0v) is 9.27. The van der Waals surface area contributed by atoms with Gasteiger partial charge in [-0.05, 0) is 36.3 Å².